The molecule has 4 rings (SSSR count). The fraction of sp³-hybridized carbons (Fsp3) is 0.250. The van der Waals surface area contributed by atoms with Crippen LogP contribution < -0.4 is 21.2 Å². The Morgan fingerprint density at radius 2 is 1.34 bits per heavy atom. The maximum atomic E-state index is 13.8. The summed E-state index contributed by atoms with van der Waals surface area (Å²) in [5, 5.41) is 4.20. The number of hydrogen-bond acceptors (Lipinski definition) is 5. The van der Waals surface area contributed by atoms with Gasteiger partial charge in [-0.1, -0.05) is 97.1 Å². The van der Waals surface area contributed by atoms with Gasteiger partial charge in [-0.25, -0.2) is 5.01 Å². The van der Waals surface area contributed by atoms with E-state index >= 15 is 0 Å². The number of carbonyl (C=O) groups is 3. The number of benzene rings is 4. The lowest BCUT2D eigenvalue weighted by atomic mass is 10.0. The lowest BCUT2D eigenvalue weighted by Crippen LogP contribution is -2.58. The molecule has 0 radical (unpaired) electrons. The first-order valence-corrected chi connectivity index (χ1v) is 14.9. The van der Waals surface area contributed by atoms with Crippen LogP contribution in [0.15, 0.2) is 109 Å². The monoisotopic (exact) mass is 592 g/mol. The third-order valence-corrected chi connectivity index (χ3v) is 7.19. The molecule has 0 aliphatic carbocycles. The van der Waals surface area contributed by atoms with Gasteiger partial charge in [0.2, 0.25) is 17.7 Å². The Morgan fingerprint density at radius 3 is 1.95 bits per heavy atom. The van der Waals surface area contributed by atoms with Crippen LogP contribution >= 0.6 is 0 Å². The van der Waals surface area contributed by atoms with E-state index in [4.69, 9.17) is 10.5 Å². The Kier molecular flexibility index (Phi) is 12.1. The van der Waals surface area contributed by atoms with Crippen LogP contribution in [-0.4, -0.2) is 35.4 Å². The molecule has 0 fully saturated rings. The minimum absolute atomic E-state index is 0.0661. The zero-order valence-corrected chi connectivity index (χ0v) is 25.1. The van der Waals surface area contributed by atoms with Gasteiger partial charge in [0.15, 0.2) is 0 Å². The number of nitrogens with zero attached hydrogens (tertiary/aromatic N) is 1. The van der Waals surface area contributed by atoms with E-state index in [9.17, 15) is 14.4 Å². The van der Waals surface area contributed by atoms with Gasteiger partial charge in [0.1, 0.15) is 11.8 Å². The zero-order chi connectivity index (χ0) is 31.1. The van der Waals surface area contributed by atoms with Crippen molar-refractivity contribution < 1.29 is 19.1 Å². The molecule has 0 heterocycles. The van der Waals surface area contributed by atoms with Crippen LogP contribution in [0, 0.1) is 0 Å². The van der Waals surface area contributed by atoms with E-state index in [0.29, 0.717) is 19.6 Å². The highest BCUT2D eigenvalue weighted by atomic mass is 16.5. The van der Waals surface area contributed by atoms with Gasteiger partial charge < -0.3 is 15.8 Å². The van der Waals surface area contributed by atoms with E-state index in [0.717, 1.165) is 33.6 Å². The summed E-state index contributed by atoms with van der Waals surface area (Å²) in [6.45, 7) is 3.19. The van der Waals surface area contributed by atoms with E-state index in [1.165, 1.54) is 5.01 Å². The maximum absolute atomic E-state index is 13.8. The molecular weight excluding hydrogens is 552 g/mol. The summed E-state index contributed by atoms with van der Waals surface area (Å²) in [5.74, 6) is -0.349. The first kappa shape index (κ1) is 32.0. The van der Waals surface area contributed by atoms with Crippen molar-refractivity contribution in [3.8, 4) is 5.75 Å². The van der Waals surface area contributed by atoms with Crippen molar-refractivity contribution in [3.63, 3.8) is 0 Å². The number of aryl methyl sites for hydroxylation is 1. The smallest absolute Gasteiger partial charge is 0.245 e. The quantitative estimate of drug-likeness (QED) is 0.187. The van der Waals surface area contributed by atoms with Gasteiger partial charge in [-0.05, 0) is 53.3 Å². The summed E-state index contributed by atoms with van der Waals surface area (Å²) in [6.07, 6.45) is 0.818. The molecule has 4 aromatic rings. The summed E-state index contributed by atoms with van der Waals surface area (Å²) < 4.78 is 5.53. The Morgan fingerprint density at radius 1 is 0.750 bits per heavy atom. The molecular formula is C36H40N4O4. The molecule has 3 amide bonds. The highest BCUT2D eigenvalue weighted by Crippen LogP contribution is 2.16. The first-order valence-electron chi connectivity index (χ1n) is 14.9. The van der Waals surface area contributed by atoms with E-state index in [1.54, 1.807) is 0 Å². The molecule has 0 spiro atoms. The van der Waals surface area contributed by atoms with Crippen LogP contribution in [0.2, 0.25) is 0 Å². The minimum atomic E-state index is -0.978. The molecule has 4 N–H and O–H groups in total. The first-order chi connectivity index (χ1) is 21.4. The van der Waals surface area contributed by atoms with E-state index in [1.807, 2.05) is 116 Å². The number of hydrogen-bond donors (Lipinski definition) is 3. The van der Waals surface area contributed by atoms with Crippen LogP contribution in [0.25, 0.3) is 0 Å². The predicted octanol–water partition coefficient (Wildman–Crippen LogP) is 4.51. The fourth-order valence-corrected chi connectivity index (χ4v) is 4.80. The fourth-order valence-electron chi connectivity index (χ4n) is 4.80. The van der Waals surface area contributed by atoms with Crippen molar-refractivity contribution in [2.45, 2.75) is 51.7 Å². The summed E-state index contributed by atoms with van der Waals surface area (Å²) in [6, 6.07) is 33.0. The van der Waals surface area contributed by atoms with Gasteiger partial charge in [-0.3, -0.25) is 19.8 Å². The van der Waals surface area contributed by atoms with Crippen molar-refractivity contribution >= 4 is 17.7 Å². The highest BCUT2D eigenvalue weighted by molar-refractivity contribution is 5.90. The van der Waals surface area contributed by atoms with E-state index in [2.05, 4.69) is 10.7 Å². The van der Waals surface area contributed by atoms with Gasteiger partial charge in [0.05, 0.1) is 13.0 Å². The Bertz CT molecular complexity index is 1480. The average Bonchev–Trinajstić information content (AvgIpc) is 3.06. The molecule has 1 unspecified atom stereocenters. The third-order valence-electron chi connectivity index (χ3n) is 7.19. The lowest BCUT2D eigenvalue weighted by molar-refractivity contribution is -0.149. The maximum Gasteiger partial charge on any atom is 0.245 e. The van der Waals surface area contributed by atoms with E-state index in [-0.39, 0.29) is 43.5 Å². The molecule has 44 heavy (non-hydrogen) atoms. The molecule has 0 saturated heterocycles. The Hall–Kier alpha value is -4.95. The molecule has 0 aliphatic heterocycles. The average molecular weight is 593 g/mol. The van der Waals surface area contributed by atoms with E-state index < -0.39 is 6.04 Å². The third kappa shape index (κ3) is 9.81. The number of amides is 3. The summed E-state index contributed by atoms with van der Waals surface area (Å²) in [7, 11) is 0. The van der Waals surface area contributed by atoms with Crippen LogP contribution in [0.4, 0.5) is 0 Å². The standard InChI is InChI=1S/C36H40N4O4/c1-2-44-32-20-17-27(18-21-32)19-22-35(42)40(39-34(41)24-29-11-7-4-8-12-29)33(23-28-9-5-3-6-10-28)36(43)38-26-31-15-13-30(25-37)14-16-31/h3-18,20-21,33H,2,19,22-26,37H2,1H3,(H,38,43)(H,39,41). The van der Waals surface area contributed by atoms with Crippen molar-refractivity contribution in [2.24, 2.45) is 5.73 Å². The second kappa shape index (κ2) is 16.6. The molecule has 0 aromatic heterocycles. The molecule has 0 bridgehead atoms. The Labute approximate surface area is 259 Å². The molecule has 228 valence electrons. The topological polar surface area (TPSA) is 114 Å². The van der Waals surface area contributed by atoms with Gasteiger partial charge in [-0.15, -0.1) is 0 Å². The van der Waals surface area contributed by atoms with Crippen molar-refractivity contribution in [2.75, 3.05) is 6.61 Å². The number of rotatable bonds is 14. The normalized spacial score (nSPS) is 11.3. The summed E-state index contributed by atoms with van der Waals surface area (Å²) >= 11 is 0. The summed E-state index contributed by atoms with van der Waals surface area (Å²) in [4.78, 5) is 40.9. The number of carbonyl (C=O) groups excluding carboxylic acids is 3. The highest BCUT2D eigenvalue weighted by Gasteiger charge is 2.31. The van der Waals surface area contributed by atoms with Crippen molar-refractivity contribution in [1.29, 1.82) is 0 Å². The summed E-state index contributed by atoms with van der Waals surface area (Å²) in [5.41, 5.74) is 13.0. The molecule has 8 nitrogen and oxygen atoms in total. The zero-order valence-electron chi connectivity index (χ0n) is 25.1. The van der Waals surface area contributed by atoms with Crippen molar-refractivity contribution in [1.82, 2.24) is 15.8 Å². The SMILES string of the molecule is CCOc1ccc(CCC(=O)N(NC(=O)Cc2ccccc2)C(Cc2ccccc2)C(=O)NCc2ccc(CN)cc2)cc1. The molecule has 0 aliphatic rings. The number of nitrogens with one attached hydrogen (secondary N) is 2. The van der Waals surface area contributed by atoms with Crippen LogP contribution in [0.5, 0.6) is 5.75 Å². The van der Waals surface area contributed by atoms with Crippen LogP contribution in [0.3, 0.4) is 0 Å². The molecule has 0 saturated carbocycles. The lowest BCUT2D eigenvalue weighted by Gasteiger charge is -2.31. The number of hydrazine groups is 1. The predicted molar refractivity (Wildman–Crippen MR) is 171 cm³/mol. The minimum Gasteiger partial charge on any atom is -0.494 e. The molecule has 4 aromatic carbocycles. The second-order valence-corrected chi connectivity index (χ2v) is 10.5. The number of ether oxygens (including phenoxy) is 1. The molecule has 1 atom stereocenters. The molecule has 8 heteroatoms. The number of nitrogens with two attached hydrogens (primary N) is 1. The van der Waals surface area contributed by atoms with Crippen LogP contribution in [-0.2, 0) is 46.7 Å². The van der Waals surface area contributed by atoms with Gasteiger partial charge in [-0.2, -0.15) is 0 Å². The van der Waals surface area contributed by atoms with Crippen LogP contribution in [0.1, 0.15) is 41.2 Å². The van der Waals surface area contributed by atoms with Gasteiger partial charge in [0.25, 0.3) is 0 Å². The van der Waals surface area contributed by atoms with Gasteiger partial charge in [0, 0.05) is 25.9 Å². The van der Waals surface area contributed by atoms with Crippen molar-refractivity contribution in [3.05, 3.63) is 137 Å². The second-order valence-electron chi connectivity index (χ2n) is 10.5. The largest absolute Gasteiger partial charge is 0.494 e. The van der Waals surface area contributed by atoms with Gasteiger partial charge >= 0.3 is 0 Å². The Balaban J connectivity index is 1.56.